The van der Waals surface area contributed by atoms with Crippen LogP contribution in [-0.2, 0) is 9.59 Å². The van der Waals surface area contributed by atoms with Crippen LogP contribution in [0.1, 0.15) is 36.0 Å². The summed E-state index contributed by atoms with van der Waals surface area (Å²) >= 11 is 5.94. The third-order valence-electron chi connectivity index (χ3n) is 4.20. The summed E-state index contributed by atoms with van der Waals surface area (Å²) in [5, 5.41) is 0.322. The van der Waals surface area contributed by atoms with E-state index < -0.39 is 5.91 Å². The molecule has 2 rings (SSSR count). The lowest BCUT2D eigenvalue weighted by molar-refractivity contribution is -0.123. The van der Waals surface area contributed by atoms with E-state index in [1.165, 1.54) is 0 Å². The van der Waals surface area contributed by atoms with Gasteiger partial charge in [0, 0.05) is 13.0 Å². The van der Waals surface area contributed by atoms with Crippen LogP contribution in [0.3, 0.4) is 0 Å². The van der Waals surface area contributed by atoms with Crippen LogP contribution in [-0.4, -0.2) is 42.3 Å². The van der Waals surface area contributed by atoms with Gasteiger partial charge in [0.15, 0.2) is 0 Å². The summed E-state index contributed by atoms with van der Waals surface area (Å²) in [6.45, 7) is 1.76. The number of carbonyl (C=O) groups excluding carboxylic acids is 3. The normalized spacial score (nSPS) is 17.7. The summed E-state index contributed by atoms with van der Waals surface area (Å²) in [6, 6.07) is 6.61. The molecule has 0 aromatic heterocycles. The Bertz CT molecular complexity index is 638. The molecule has 136 valence electrons. The number of nitrogens with zero attached hydrogens (tertiary/aromatic N) is 1. The van der Waals surface area contributed by atoms with Crippen LogP contribution >= 0.6 is 11.6 Å². The van der Waals surface area contributed by atoms with E-state index in [0.717, 1.165) is 32.4 Å². The third kappa shape index (κ3) is 6.36. The quantitative estimate of drug-likeness (QED) is 0.655. The van der Waals surface area contributed by atoms with Gasteiger partial charge in [-0.15, -0.1) is 0 Å². The van der Waals surface area contributed by atoms with E-state index in [0.29, 0.717) is 22.9 Å². The number of rotatable bonds is 6. The summed E-state index contributed by atoms with van der Waals surface area (Å²) in [5.74, 6) is -0.684. The highest BCUT2D eigenvalue weighted by Crippen LogP contribution is 2.20. The summed E-state index contributed by atoms with van der Waals surface area (Å²) in [6.07, 6.45) is 3.13. The highest BCUT2D eigenvalue weighted by atomic mass is 35.5. The number of hydrogen-bond donors (Lipinski definition) is 3. The van der Waals surface area contributed by atoms with Crippen LogP contribution in [0.4, 0.5) is 0 Å². The highest BCUT2D eigenvalue weighted by molar-refractivity contribution is 6.33. The first-order valence-electron chi connectivity index (χ1n) is 8.30. The molecule has 1 aromatic carbocycles. The number of nitrogens with two attached hydrogens (primary N) is 1. The number of piperidine rings is 1. The fraction of sp³-hybridized carbons (Fsp3) is 0.471. The lowest BCUT2D eigenvalue weighted by atomic mass is 9.93. The Hall–Kier alpha value is -2.12. The average molecular weight is 367 g/mol. The zero-order chi connectivity index (χ0) is 18.2. The molecule has 0 radical (unpaired) electrons. The molecule has 0 spiro atoms. The van der Waals surface area contributed by atoms with Gasteiger partial charge in [-0.25, -0.2) is 0 Å². The molecule has 7 nitrogen and oxygen atoms in total. The maximum absolute atomic E-state index is 12.0. The number of halogens is 1. The highest BCUT2D eigenvalue weighted by Gasteiger charge is 2.22. The van der Waals surface area contributed by atoms with Gasteiger partial charge in [-0.2, -0.15) is 0 Å². The van der Waals surface area contributed by atoms with Crippen LogP contribution in [0.5, 0.6) is 0 Å². The Balaban J connectivity index is 1.75. The molecule has 1 aliphatic rings. The molecule has 1 aromatic rings. The van der Waals surface area contributed by atoms with Gasteiger partial charge in [-0.3, -0.25) is 30.1 Å². The molecule has 1 fully saturated rings. The van der Waals surface area contributed by atoms with Gasteiger partial charge >= 0.3 is 0 Å². The number of hydrazine groups is 1. The predicted molar refractivity (Wildman–Crippen MR) is 94.7 cm³/mol. The van der Waals surface area contributed by atoms with E-state index >= 15 is 0 Å². The lowest BCUT2D eigenvalue weighted by Gasteiger charge is -2.32. The van der Waals surface area contributed by atoms with Crippen LogP contribution in [0.15, 0.2) is 24.3 Å². The molecule has 1 saturated heterocycles. The third-order valence-corrected chi connectivity index (χ3v) is 4.53. The van der Waals surface area contributed by atoms with Gasteiger partial charge in [0.2, 0.25) is 5.91 Å². The molecule has 0 bridgehead atoms. The van der Waals surface area contributed by atoms with Crippen molar-refractivity contribution in [3.8, 4) is 0 Å². The Morgan fingerprint density at radius 3 is 2.72 bits per heavy atom. The number of benzene rings is 1. The molecule has 0 saturated carbocycles. The van der Waals surface area contributed by atoms with Crippen molar-refractivity contribution >= 4 is 29.3 Å². The first-order chi connectivity index (χ1) is 12.0. The number of hydrogen-bond acceptors (Lipinski definition) is 4. The first kappa shape index (κ1) is 19.2. The maximum Gasteiger partial charge on any atom is 0.271 e. The predicted octanol–water partition coefficient (Wildman–Crippen LogP) is 1.08. The Morgan fingerprint density at radius 1 is 1.24 bits per heavy atom. The second kappa shape index (κ2) is 9.39. The van der Waals surface area contributed by atoms with Crippen molar-refractivity contribution in [3.63, 3.8) is 0 Å². The maximum atomic E-state index is 12.0. The van der Waals surface area contributed by atoms with Crippen molar-refractivity contribution in [3.05, 3.63) is 34.9 Å². The zero-order valence-corrected chi connectivity index (χ0v) is 14.7. The molecule has 1 atom stereocenters. The van der Waals surface area contributed by atoms with E-state index in [9.17, 15) is 14.4 Å². The van der Waals surface area contributed by atoms with Crippen molar-refractivity contribution in [1.29, 1.82) is 0 Å². The average Bonchev–Trinajstić information content (AvgIpc) is 2.58. The van der Waals surface area contributed by atoms with E-state index in [2.05, 4.69) is 10.9 Å². The Morgan fingerprint density at radius 2 is 2.00 bits per heavy atom. The second-order valence-electron chi connectivity index (χ2n) is 6.23. The summed E-state index contributed by atoms with van der Waals surface area (Å²) in [7, 11) is 0. The van der Waals surface area contributed by atoms with Crippen molar-refractivity contribution < 1.29 is 14.4 Å². The van der Waals surface area contributed by atoms with Crippen molar-refractivity contribution in [1.82, 2.24) is 15.8 Å². The molecule has 3 amide bonds. The standard InChI is InChI=1S/C17H23ClN4O3/c18-14-6-2-1-5-13(14)17(25)21-20-16(24)11-22-9-3-4-12(10-22)7-8-15(19)23/h1-2,5-6,12H,3-4,7-11H2,(H2,19,23)(H,20,24)(H,21,25). The van der Waals surface area contributed by atoms with E-state index in [-0.39, 0.29) is 18.4 Å². The SMILES string of the molecule is NC(=O)CCC1CCCN(CC(=O)NNC(=O)c2ccccc2Cl)C1. The molecule has 1 aliphatic heterocycles. The van der Waals surface area contributed by atoms with Crippen molar-refractivity contribution in [2.75, 3.05) is 19.6 Å². The lowest BCUT2D eigenvalue weighted by Crippen LogP contribution is -2.48. The molecule has 1 heterocycles. The summed E-state index contributed by atoms with van der Waals surface area (Å²) < 4.78 is 0. The minimum Gasteiger partial charge on any atom is -0.370 e. The molecular formula is C17H23ClN4O3. The Kier molecular flexibility index (Phi) is 7.21. The van der Waals surface area contributed by atoms with Gasteiger partial charge in [0.1, 0.15) is 0 Å². The molecular weight excluding hydrogens is 344 g/mol. The van der Waals surface area contributed by atoms with Crippen molar-refractivity contribution in [2.24, 2.45) is 11.7 Å². The smallest absolute Gasteiger partial charge is 0.271 e. The topological polar surface area (TPSA) is 105 Å². The number of primary amides is 1. The fourth-order valence-electron chi connectivity index (χ4n) is 2.96. The van der Waals surface area contributed by atoms with Gasteiger partial charge in [-0.1, -0.05) is 23.7 Å². The van der Waals surface area contributed by atoms with Crippen LogP contribution < -0.4 is 16.6 Å². The number of nitrogens with one attached hydrogen (secondary N) is 2. The molecule has 0 aliphatic carbocycles. The van der Waals surface area contributed by atoms with Crippen LogP contribution in [0, 0.1) is 5.92 Å². The monoisotopic (exact) mass is 366 g/mol. The minimum atomic E-state index is -0.461. The van der Waals surface area contributed by atoms with Gasteiger partial charge < -0.3 is 5.73 Å². The number of likely N-dealkylation sites (tertiary alicyclic amines) is 1. The first-order valence-corrected chi connectivity index (χ1v) is 8.68. The van der Waals surface area contributed by atoms with E-state index in [1.54, 1.807) is 24.3 Å². The minimum absolute atomic E-state index is 0.190. The number of amides is 3. The molecule has 8 heteroatoms. The largest absolute Gasteiger partial charge is 0.370 e. The zero-order valence-electron chi connectivity index (χ0n) is 14.0. The van der Waals surface area contributed by atoms with Gasteiger partial charge in [0.05, 0.1) is 17.1 Å². The Labute approximate surface area is 151 Å². The summed E-state index contributed by atoms with van der Waals surface area (Å²) in [4.78, 5) is 36.9. The van der Waals surface area contributed by atoms with Crippen molar-refractivity contribution in [2.45, 2.75) is 25.7 Å². The second-order valence-corrected chi connectivity index (χ2v) is 6.64. The fourth-order valence-corrected chi connectivity index (χ4v) is 3.18. The van der Waals surface area contributed by atoms with Gasteiger partial charge in [-0.05, 0) is 43.9 Å². The molecule has 4 N–H and O–H groups in total. The molecule has 1 unspecified atom stereocenters. The number of carbonyl (C=O) groups is 3. The molecule has 25 heavy (non-hydrogen) atoms. The van der Waals surface area contributed by atoms with Gasteiger partial charge in [0.25, 0.3) is 11.8 Å². The van der Waals surface area contributed by atoms with E-state index in [4.69, 9.17) is 17.3 Å². The van der Waals surface area contributed by atoms with Crippen LogP contribution in [0.25, 0.3) is 0 Å². The van der Waals surface area contributed by atoms with Crippen LogP contribution in [0.2, 0.25) is 5.02 Å². The van der Waals surface area contributed by atoms with E-state index in [1.807, 2.05) is 4.90 Å². The summed E-state index contributed by atoms with van der Waals surface area (Å²) in [5.41, 5.74) is 10.3.